The van der Waals surface area contributed by atoms with Crippen molar-refractivity contribution in [2.75, 3.05) is 6.61 Å². The quantitative estimate of drug-likeness (QED) is 0.624. The second-order valence-corrected chi connectivity index (χ2v) is 6.73. The lowest BCUT2D eigenvalue weighted by molar-refractivity contribution is -0.125. The predicted molar refractivity (Wildman–Crippen MR) is 85.9 cm³/mol. The lowest BCUT2D eigenvalue weighted by Gasteiger charge is -2.29. The lowest BCUT2D eigenvalue weighted by Crippen LogP contribution is -2.42. The van der Waals surface area contributed by atoms with E-state index in [9.17, 15) is 18.4 Å². The van der Waals surface area contributed by atoms with Crippen LogP contribution in [0.3, 0.4) is 0 Å². The maximum Gasteiger partial charge on any atom is 0.341 e. The molecule has 1 aromatic heterocycles. The van der Waals surface area contributed by atoms with Crippen molar-refractivity contribution >= 4 is 23.6 Å². The third kappa shape index (κ3) is 5.43. The van der Waals surface area contributed by atoms with Crippen LogP contribution in [0.1, 0.15) is 43.0 Å². The van der Waals surface area contributed by atoms with Crippen molar-refractivity contribution in [2.45, 2.75) is 49.4 Å². The SMILES string of the molecule is C[C@@H]1CCCC[C@H]1NC(=O)COC(=O)c1cccnc1SC(F)F. The van der Waals surface area contributed by atoms with Gasteiger partial charge < -0.3 is 10.1 Å². The van der Waals surface area contributed by atoms with Gasteiger partial charge in [0, 0.05) is 12.2 Å². The summed E-state index contributed by atoms with van der Waals surface area (Å²) in [5.41, 5.74) is -0.0679. The largest absolute Gasteiger partial charge is 0.452 e. The first-order valence-corrected chi connectivity index (χ1v) is 8.71. The first-order chi connectivity index (χ1) is 11.5. The third-order valence-corrected chi connectivity index (χ3v) is 4.71. The lowest BCUT2D eigenvalue weighted by atomic mass is 9.86. The average molecular weight is 358 g/mol. The van der Waals surface area contributed by atoms with Crippen LogP contribution < -0.4 is 5.32 Å². The first kappa shape index (κ1) is 18.6. The Morgan fingerprint density at radius 2 is 2.17 bits per heavy atom. The van der Waals surface area contributed by atoms with Crippen LogP contribution in [0.4, 0.5) is 8.78 Å². The fourth-order valence-electron chi connectivity index (χ4n) is 2.71. The standard InChI is InChI=1S/C16H20F2N2O3S/c1-10-5-2-3-7-12(10)20-13(21)9-23-15(22)11-6-4-8-19-14(11)24-16(17)18/h4,6,8,10,12,16H,2-3,5,7,9H2,1H3,(H,20,21)/t10-,12-/m1/s1. The van der Waals surface area contributed by atoms with E-state index < -0.39 is 18.3 Å². The van der Waals surface area contributed by atoms with Crippen molar-refractivity contribution in [3.8, 4) is 0 Å². The first-order valence-electron chi connectivity index (χ1n) is 7.83. The smallest absolute Gasteiger partial charge is 0.341 e. The predicted octanol–water partition coefficient (Wildman–Crippen LogP) is 3.25. The molecule has 8 heteroatoms. The maximum absolute atomic E-state index is 12.5. The molecule has 5 nitrogen and oxygen atoms in total. The second kappa shape index (κ2) is 8.96. The highest BCUT2D eigenvalue weighted by Crippen LogP contribution is 2.27. The normalized spacial score (nSPS) is 20.7. The van der Waals surface area contributed by atoms with E-state index in [1.165, 1.54) is 18.3 Å². The van der Waals surface area contributed by atoms with Gasteiger partial charge in [-0.25, -0.2) is 9.78 Å². The summed E-state index contributed by atoms with van der Waals surface area (Å²) in [5, 5.41) is 2.75. The number of halogens is 2. The van der Waals surface area contributed by atoms with E-state index in [0.29, 0.717) is 5.92 Å². The molecule has 0 aromatic carbocycles. The Hall–Kier alpha value is -1.70. The Morgan fingerprint density at radius 1 is 1.42 bits per heavy atom. The molecule has 24 heavy (non-hydrogen) atoms. The number of aromatic nitrogens is 1. The van der Waals surface area contributed by atoms with Gasteiger partial charge in [-0.05, 0) is 42.7 Å². The van der Waals surface area contributed by atoms with Crippen LogP contribution in [0.5, 0.6) is 0 Å². The summed E-state index contributed by atoms with van der Waals surface area (Å²) in [4.78, 5) is 27.7. The Labute approximate surface area is 143 Å². The third-order valence-electron chi connectivity index (χ3n) is 3.98. The molecule has 1 aliphatic carbocycles. The number of ether oxygens (including phenoxy) is 1. The van der Waals surface area contributed by atoms with Gasteiger partial charge in [0.2, 0.25) is 0 Å². The number of thioether (sulfide) groups is 1. The summed E-state index contributed by atoms with van der Waals surface area (Å²) in [5.74, 6) is -3.51. The van der Waals surface area contributed by atoms with Crippen molar-refractivity contribution in [2.24, 2.45) is 5.92 Å². The number of carbonyl (C=O) groups excluding carboxylic acids is 2. The zero-order chi connectivity index (χ0) is 17.5. The number of rotatable bonds is 6. The molecule has 1 aliphatic rings. The fraction of sp³-hybridized carbons (Fsp3) is 0.562. The van der Waals surface area contributed by atoms with Gasteiger partial charge in [0.15, 0.2) is 6.61 Å². The molecular weight excluding hydrogens is 338 g/mol. The Kier molecular flexibility index (Phi) is 6.96. The minimum atomic E-state index is -2.69. The van der Waals surface area contributed by atoms with Gasteiger partial charge in [0.25, 0.3) is 11.7 Å². The molecule has 0 aliphatic heterocycles. The minimum absolute atomic E-state index is 0.0679. The second-order valence-electron chi connectivity index (χ2n) is 5.75. The number of nitrogens with zero attached hydrogens (tertiary/aromatic N) is 1. The van der Waals surface area contributed by atoms with E-state index in [1.54, 1.807) is 0 Å². The highest BCUT2D eigenvalue weighted by molar-refractivity contribution is 7.99. The van der Waals surface area contributed by atoms with Crippen molar-refractivity contribution in [1.29, 1.82) is 0 Å². The number of carbonyl (C=O) groups is 2. The van der Waals surface area contributed by atoms with Crippen molar-refractivity contribution in [3.63, 3.8) is 0 Å². The van der Waals surface area contributed by atoms with E-state index in [2.05, 4.69) is 17.2 Å². The van der Waals surface area contributed by atoms with Crippen molar-refractivity contribution in [3.05, 3.63) is 23.9 Å². The molecule has 0 radical (unpaired) electrons. The number of amides is 1. The number of hydrogen-bond acceptors (Lipinski definition) is 5. The maximum atomic E-state index is 12.5. The molecule has 132 valence electrons. The molecule has 1 aromatic rings. The average Bonchev–Trinajstić information content (AvgIpc) is 2.55. The van der Waals surface area contributed by atoms with Crippen LogP contribution in [0.25, 0.3) is 0 Å². The highest BCUT2D eigenvalue weighted by Gasteiger charge is 2.24. The van der Waals surface area contributed by atoms with Gasteiger partial charge in [0.1, 0.15) is 5.03 Å². The van der Waals surface area contributed by atoms with Gasteiger partial charge in [-0.1, -0.05) is 19.8 Å². The Morgan fingerprint density at radius 3 is 2.88 bits per heavy atom. The molecule has 0 saturated heterocycles. The highest BCUT2D eigenvalue weighted by atomic mass is 32.2. The summed E-state index contributed by atoms with van der Waals surface area (Å²) in [7, 11) is 0. The van der Waals surface area contributed by atoms with Crippen LogP contribution in [0.15, 0.2) is 23.4 Å². The van der Waals surface area contributed by atoms with Gasteiger partial charge in [-0.15, -0.1) is 0 Å². The molecule has 1 fully saturated rings. The van der Waals surface area contributed by atoms with Crippen molar-refractivity contribution in [1.82, 2.24) is 10.3 Å². The van der Waals surface area contributed by atoms with Crippen LogP contribution in [-0.4, -0.2) is 35.3 Å². The van der Waals surface area contributed by atoms with Gasteiger partial charge in [-0.2, -0.15) is 8.78 Å². The van der Waals surface area contributed by atoms with Gasteiger partial charge in [-0.3, -0.25) is 4.79 Å². The van der Waals surface area contributed by atoms with Gasteiger partial charge in [0.05, 0.1) is 5.56 Å². The number of nitrogens with one attached hydrogen (secondary N) is 1. The van der Waals surface area contributed by atoms with E-state index in [0.717, 1.165) is 25.7 Å². The Bertz CT molecular complexity index is 586. The summed E-state index contributed by atoms with van der Waals surface area (Å²) in [6.45, 7) is 1.65. The number of pyridine rings is 1. The van der Waals surface area contributed by atoms with Gasteiger partial charge >= 0.3 is 5.97 Å². The molecule has 0 bridgehead atoms. The van der Waals surface area contributed by atoms with Crippen LogP contribution in [-0.2, 0) is 9.53 Å². The van der Waals surface area contributed by atoms with E-state index in [-0.39, 0.29) is 34.3 Å². The summed E-state index contributed by atoms with van der Waals surface area (Å²) < 4.78 is 29.9. The molecule has 2 rings (SSSR count). The number of alkyl halides is 2. The van der Waals surface area contributed by atoms with Crippen LogP contribution in [0.2, 0.25) is 0 Å². The van der Waals surface area contributed by atoms with Crippen LogP contribution in [0, 0.1) is 5.92 Å². The fourth-order valence-corrected chi connectivity index (χ4v) is 3.28. The summed E-state index contributed by atoms with van der Waals surface area (Å²) in [6.07, 6.45) is 5.53. The topological polar surface area (TPSA) is 68.3 Å². The molecule has 1 amide bonds. The zero-order valence-electron chi connectivity index (χ0n) is 13.3. The minimum Gasteiger partial charge on any atom is -0.452 e. The monoisotopic (exact) mass is 358 g/mol. The van der Waals surface area contributed by atoms with Crippen molar-refractivity contribution < 1.29 is 23.1 Å². The van der Waals surface area contributed by atoms with E-state index in [1.807, 2.05) is 0 Å². The molecule has 0 spiro atoms. The molecule has 0 unspecified atom stereocenters. The molecule has 1 N–H and O–H groups in total. The number of hydrogen-bond donors (Lipinski definition) is 1. The molecule has 1 heterocycles. The summed E-state index contributed by atoms with van der Waals surface area (Å²) in [6, 6.07) is 2.89. The molecular formula is C16H20F2N2O3S. The number of esters is 1. The molecule has 1 saturated carbocycles. The summed E-state index contributed by atoms with van der Waals surface area (Å²) >= 11 is 0.171. The molecule has 2 atom stereocenters. The van der Waals surface area contributed by atoms with E-state index in [4.69, 9.17) is 4.74 Å². The zero-order valence-corrected chi connectivity index (χ0v) is 14.2. The van der Waals surface area contributed by atoms with E-state index >= 15 is 0 Å². The van der Waals surface area contributed by atoms with Crippen LogP contribution >= 0.6 is 11.8 Å². The Balaban J connectivity index is 1.87.